The number of nitrogens with zero attached hydrogens (tertiary/aromatic N) is 2. The fourth-order valence-electron chi connectivity index (χ4n) is 5.02. The van der Waals surface area contributed by atoms with Crippen molar-refractivity contribution in [2.24, 2.45) is 0 Å². The van der Waals surface area contributed by atoms with Crippen molar-refractivity contribution in [1.29, 1.82) is 0 Å². The molecule has 3 aromatic rings. The summed E-state index contributed by atoms with van der Waals surface area (Å²) in [6.07, 6.45) is 1.60. The highest BCUT2D eigenvalue weighted by atomic mass is 32.2. The van der Waals surface area contributed by atoms with Gasteiger partial charge in [0.25, 0.3) is 5.91 Å². The van der Waals surface area contributed by atoms with Gasteiger partial charge in [-0.05, 0) is 43.7 Å². The summed E-state index contributed by atoms with van der Waals surface area (Å²) >= 11 is 0. The number of aromatic nitrogens is 2. The number of H-pyrrole nitrogens is 1. The third-order valence-electron chi connectivity index (χ3n) is 6.96. The van der Waals surface area contributed by atoms with Gasteiger partial charge in [-0.15, -0.1) is 0 Å². The van der Waals surface area contributed by atoms with Crippen LogP contribution in [0.4, 0.5) is 20.3 Å². The van der Waals surface area contributed by atoms with Crippen LogP contribution < -0.4 is 16.0 Å². The van der Waals surface area contributed by atoms with Gasteiger partial charge < -0.3 is 16.0 Å². The number of sulfonamides is 1. The van der Waals surface area contributed by atoms with Crippen LogP contribution in [0.1, 0.15) is 48.3 Å². The number of carbonyl (C=O) groups excluding carboxylic acids is 2. The Kier molecular flexibility index (Phi) is 6.99. The third kappa shape index (κ3) is 5.29. The number of para-hydroxylation sites is 1. The molecule has 39 heavy (non-hydrogen) atoms. The molecule has 1 aromatic heterocycles. The van der Waals surface area contributed by atoms with E-state index < -0.39 is 37.9 Å². The van der Waals surface area contributed by atoms with Crippen molar-refractivity contribution >= 4 is 33.3 Å². The Balaban J connectivity index is 1.41. The monoisotopic (exact) mass is 558 g/mol. The highest BCUT2D eigenvalue weighted by molar-refractivity contribution is 7.89. The molecule has 10 nitrogen and oxygen atoms in total. The van der Waals surface area contributed by atoms with Gasteiger partial charge in [-0.25, -0.2) is 17.2 Å². The van der Waals surface area contributed by atoms with Crippen molar-refractivity contribution in [1.82, 2.24) is 19.8 Å². The third-order valence-corrected chi connectivity index (χ3v) is 8.73. The molecular weight excluding hydrogens is 530 g/mol. The molecule has 0 unspecified atom stereocenters. The second-order valence-corrected chi connectivity index (χ2v) is 12.3. The molecule has 4 N–H and O–H groups in total. The number of rotatable bonds is 6. The first-order valence-electron chi connectivity index (χ1n) is 12.4. The van der Waals surface area contributed by atoms with Gasteiger partial charge in [0.2, 0.25) is 15.9 Å². The Bertz CT molecular complexity index is 1530. The van der Waals surface area contributed by atoms with Crippen molar-refractivity contribution in [3.05, 3.63) is 70.9 Å². The van der Waals surface area contributed by atoms with E-state index in [1.54, 1.807) is 38.1 Å². The zero-order chi connectivity index (χ0) is 27.9. The number of amides is 2. The van der Waals surface area contributed by atoms with E-state index in [1.165, 1.54) is 0 Å². The standard InChI is InChI=1S/C26H28F2N6O4S/c1-26(2)14-34(39(37,38)17-11-15(27)10-16(28)12-17)13-19-22(26)32-33-23(19)31-24(35)18-6-3-4-7-20(18)30-25(36)21-8-5-9-29-21/h3-4,6-7,10-12,21,29H,5,8-9,13-14H2,1-2H3,(H,30,36)(H2,31,32,33,35)/t21-/m1/s1. The van der Waals surface area contributed by atoms with Crippen LogP contribution in [0, 0.1) is 11.6 Å². The molecule has 0 radical (unpaired) electrons. The van der Waals surface area contributed by atoms with Gasteiger partial charge >= 0.3 is 0 Å². The van der Waals surface area contributed by atoms with E-state index in [0.29, 0.717) is 29.4 Å². The molecule has 1 atom stereocenters. The van der Waals surface area contributed by atoms with Gasteiger partial charge in [0.15, 0.2) is 5.82 Å². The van der Waals surface area contributed by atoms with E-state index in [-0.39, 0.29) is 36.4 Å². The molecule has 0 saturated carbocycles. The number of anilines is 2. The number of aromatic amines is 1. The Morgan fingerprint density at radius 3 is 2.51 bits per heavy atom. The molecule has 0 spiro atoms. The largest absolute Gasteiger partial charge is 0.324 e. The minimum Gasteiger partial charge on any atom is -0.324 e. The summed E-state index contributed by atoms with van der Waals surface area (Å²) in [7, 11) is -4.28. The predicted octanol–water partition coefficient (Wildman–Crippen LogP) is 3.11. The fourth-order valence-corrected chi connectivity index (χ4v) is 6.64. The number of benzene rings is 2. The molecule has 0 bridgehead atoms. The summed E-state index contributed by atoms with van der Waals surface area (Å²) in [5.41, 5.74) is 0.828. The van der Waals surface area contributed by atoms with E-state index in [1.807, 2.05) is 0 Å². The lowest BCUT2D eigenvalue weighted by molar-refractivity contribution is -0.117. The van der Waals surface area contributed by atoms with Crippen LogP contribution in [0.3, 0.4) is 0 Å². The highest BCUT2D eigenvalue weighted by Crippen LogP contribution is 2.38. The number of hydrogen-bond donors (Lipinski definition) is 4. The van der Waals surface area contributed by atoms with E-state index in [9.17, 15) is 26.8 Å². The minimum absolute atomic E-state index is 0.0140. The average molecular weight is 559 g/mol. The molecule has 2 amide bonds. The molecule has 2 aromatic carbocycles. The first-order chi connectivity index (χ1) is 18.5. The number of halogens is 2. The number of fused-ring (bicyclic) bond motifs is 1. The molecular formula is C26H28F2N6O4S. The number of hydrogen-bond acceptors (Lipinski definition) is 6. The lowest BCUT2D eigenvalue weighted by Crippen LogP contribution is -2.45. The molecule has 3 heterocycles. The predicted molar refractivity (Wildman–Crippen MR) is 140 cm³/mol. The van der Waals surface area contributed by atoms with Crippen LogP contribution in [-0.2, 0) is 26.8 Å². The molecule has 5 rings (SSSR count). The van der Waals surface area contributed by atoms with E-state index in [4.69, 9.17) is 0 Å². The Morgan fingerprint density at radius 2 is 1.82 bits per heavy atom. The average Bonchev–Trinajstić information content (AvgIpc) is 3.55. The summed E-state index contributed by atoms with van der Waals surface area (Å²) in [5, 5.41) is 15.8. The number of carbonyl (C=O) groups is 2. The first kappa shape index (κ1) is 26.9. The fraction of sp³-hybridized carbons (Fsp3) is 0.346. The van der Waals surface area contributed by atoms with Crippen molar-refractivity contribution in [2.45, 2.75) is 49.6 Å². The highest BCUT2D eigenvalue weighted by Gasteiger charge is 2.41. The van der Waals surface area contributed by atoms with Crippen molar-refractivity contribution in [3.63, 3.8) is 0 Å². The molecule has 1 fully saturated rings. The van der Waals surface area contributed by atoms with Gasteiger partial charge in [-0.3, -0.25) is 14.7 Å². The molecule has 0 aliphatic carbocycles. The van der Waals surface area contributed by atoms with E-state index >= 15 is 0 Å². The molecule has 2 aliphatic heterocycles. The summed E-state index contributed by atoms with van der Waals surface area (Å²) in [4.78, 5) is 25.4. The molecule has 206 valence electrons. The number of nitrogens with one attached hydrogen (secondary N) is 4. The van der Waals surface area contributed by atoms with Crippen LogP contribution in [0.15, 0.2) is 47.4 Å². The second-order valence-electron chi connectivity index (χ2n) is 10.3. The SMILES string of the molecule is CC1(C)CN(S(=O)(=O)c2cc(F)cc(F)c2)Cc2c(NC(=O)c3ccccc3NC(=O)[C@H]3CCCN3)n[nH]c21. The van der Waals surface area contributed by atoms with Crippen molar-refractivity contribution in [2.75, 3.05) is 23.7 Å². The Labute approximate surface area is 224 Å². The summed E-state index contributed by atoms with van der Waals surface area (Å²) < 4.78 is 55.5. The summed E-state index contributed by atoms with van der Waals surface area (Å²) in [6, 6.07) is 8.35. The smallest absolute Gasteiger partial charge is 0.258 e. The first-order valence-corrected chi connectivity index (χ1v) is 13.9. The maximum atomic E-state index is 13.8. The molecule has 2 aliphatic rings. The van der Waals surface area contributed by atoms with Crippen LogP contribution >= 0.6 is 0 Å². The van der Waals surface area contributed by atoms with Gasteiger partial charge in [0, 0.05) is 35.8 Å². The minimum atomic E-state index is -4.28. The summed E-state index contributed by atoms with van der Waals surface area (Å²) in [6.45, 7) is 4.18. The van der Waals surface area contributed by atoms with E-state index in [0.717, 1.165) is 29.4 Å². The van der Waals surface area contributed by atoms with Gasteiger partial charge in [0.05, 0.1) is 22.2 Å². The van der Waals surface area contributed by atoms with Crippen LogP contribution in [0.2, 0.25) is 0 Å². The second kappa shape index (κ2) is 10.1. The van der Waals surface area contributed by atoms with E-state index in [2.05, 4.69) is 26.1 Å². The Morgan fingerprint density at radius 1 is 1.10 bits per heavy atom. The van der Waals surface area contributed by atoms with Gasteiger partial charge in [0.1, 0.15) is 11.6 Å². The summed E-state index contributed by atoms with van der Waals surface area (Å²) in [5.74, 6) is -2.68. The topological polar surface area (TPSA) is 136 Å². The zero-order valence-corrected chi connectivity index (χ0v) is 22.2. The van der Waals surface area contributed by atoms with Gasteiger partial charge in [-0.2, -0.15) is 9.40 Å². The maximum Gasteiger partial charge on any atom is 0.258 e. The zero-order valence-electron chi connectivity index (χ0n) is 21.3. The quantitative estimate of drug-likeness (QED) is 0.367. The molecule has 1 saturated heterocycles. The lowest BCUT2D eigenvalue weighted by Gasteiger charge is -2.36. The lowest BCUT2D eigenvalue weighted by atomic mass is 9.84. The normalized spacial score (nSPS) is 18.9. The van der Waals surface area contributed by atoms with Crippen LogP contribution in [0.5, 0.6) is 0 Å². The molecule has 13 heteroatoms. The van der Waals surface area contributed by atoms with Crippen molar-refractivity contribution < 1.29 is 26.8 Å². The van der Waals surface area contributed by atoms with Crippen LogP contribution in [0.25, 0.3) is 0 Å². The van der Waals surface area contributed by atoms with Crippen molar-refractivity contribution in [3.8, 4) is 0 Å². The maximum absolute atomic E-state index is 13.8. The Hall–Kier alpha value is -3.68. The van der Waals surface area contributed by atoms with Crippen LogP contribution in [-0.4, -0.2) is 53.9 Å². The van der Waals surface area contributed by atoms with Gasteiger partial charge in [-0.1, -0.05) is 26.0 Å².